The first kappa shape index (κ1) is 31.3. The van der Waals surface area contributed by atoms with E-state index in [-0.39, 0.29) is 17.9 Å². The molecule has 2 aromatic carbocycles. The molecule has 10 heteroatoms. The number of pyridine rings is 1. The van der Waals surface area contributed by atoms with Crippen LogP contribution in [0.1, 0.15) is 68.3 Å². The number of aryl methyl sites for hydroxylation is 2. The molecule has 1 aliphatic heterocycles. The van der Waals surface area contributed by atoms with Crippen LogP contribution in [0.2, 0.25) is 0 Å². The van der Waals surface area contributed by atoms with Gasteiger partial charge in [0.25, 0.3) is 0 Å². The van der Waals surface area contributed by atoms with Gasteiger partial charge in [0.1, 0.15) is 5.82 Å². The number of piperidine rings is 1. The molecule has 46 heavy (non-hydrogen) atoms. The highest BCUT2D eigenvalue weighted by Crippen LogP contribution is 2.36. The van der Waals surface area contributed by atoms with Crippen molar-refractivity contribution in [2.24, 2.45) is 0 Å². The minimum absolute atomic E-state index is 0.0158. The Bertz CT molecular complexity index is 1880. The molecule has 1 saturated heterocycles. The number of rotatable bonds is 8. The summed E-state index contributed by atoms with van der Waals surface area (Å²) in [5.41, 5.74) is 5.11. The fourth-order valence-corrected chi connectivity index (χ4v) is 6.13. The molecule has 1 aliphatic rings. The third-order valence-corrected chi connectivity index (χ3v) is 8.62. The Balaban J connectivity index is 1.22. The van der Waals surface area contributed by atoms with Crippen LogP contribution in [0.25, 0.3) is 22.6 Å². The Morgan fingerprint density at radius 3 is 2.59 bits per heavy atom. The normalized spacial score (nSPS) is 15.7. The number of hydrogen-bond acceptors (Lipinski definition) is 7. The molecule has 0 aliphatic carbocycles. The van der Waals surface area contributed by atoms with Gasteiger partial charge in [-0.25, -0.2) is 9.97 Å². The van der Waals surface area contributed by atoms with Gasteiger partial charge in [-0.3, -0.25) is 9.78 Å². The fraction of sp³-hybridized carbons (Fsp3) is 0.306. The Kier molecular flexibility index (Phi) is 8.82. The SMILES string of the molecule is Cc1ccc(CC(=O)c2ccc(C3CCCN(C)C3)cc2C(F)(F)F)cc1Cc1nccc(-c2cncc(-c3oncc3C)c2)n1. The topological polar surface area (TPSA) is 85.0 Å². The summed E-state index contributed by atoms with van der Waals surface area (Å²) in [6, 6.07) is 13.5. The van der Waals surface area contributed by atoms with E-state index in [1.807, 2.05) is 39.1 Å². The van der Waals surface area contributed by atoms with Gasteiger partial charge in [-0.2, -0.15) is 13.2 Å². The summed E-state index contributed by atoms with van der Waals surface area (Å²) in [6.07, 6.45) is 4.12. The average Bonchev–Trinajstić information content (AvgIpc) is 3.48. The second-order valence-corrected chi connectivity index (χ2v) is 12.1. The molecule has 0 bridgehead atoms. The van der Waals surface area contributed by atoms with Crippen molar-refractivity contribution in [1.82, 2.24) is 25.0 Å². The number of aromatic nitrogens is 4. The predicted octanol–water partition coefficient (Wildman–Crippen LogP) is 7.65. The fourth-order valence-electron chi connectivity index (χ4n) is 6.13. The van der Waals surface area contributed by atoms with Crippen LogP contribution < -0.4 is 0 Å². The lowest BCUT2D eigenvalue weighted by Crippen LogP contribution is -2.31. The van der Waals surface area contributed by atoms with Crippen molar-refractivity contribution >= 4 is 5.78 Å². The number of carbonyl (C=O) groups is 1. The number of alkyl halides is 3. The van der Waals surface area contributed by atoms with Crippen LogP contribution in [0.4, 0.5) is 13.2 Å². The highest BCUT2D eigenvalue weighted by molar-refractivity contribution is 5.99. The summed E-state index contributed by atoms with van der Waals surface area (Å²) in [4.78, 5) is 29.1. The molecule has 0 spiro atoms. The quantitative estimate of drug-likeness (QED) is 0.164. The molecule has 1 atom stereocenters. The summed E-state index contributed by atoms with van der Waals surface area (Å²) >= 11 is 0. The minimum Gasteiger partial charge on any atom is -0.356 e. The Hall–Kier alpha value is -4.70. The summed E-state index contributed by atoms with van der Waals surface area (Å²) < 4.78 is 48.0. The summed E-state index contributed by atoms with van der Waals surface area (Å²) in [5, 5.41) is 3.85. The Morgan fingerprint density at radius 1 is 1.00 bits per heavy atom. The van der Waals surface area contributed by atoms with Gasteiger partial charge in [-0.05, 0) is 86.7 Å². The van der Waals surface area contributed by atoms with Crippen LogP contribution in [-0.2, 0) is 19.0 Å². The molecule has 0 N–H and O–H groups in total. The lowest BCUT2D eigenvalue weighted by atomic mass is 9.87. The average molecular weight is 626 g/mol. The number of halogens is 3. The van der Waals surface area contributed by atoms with E-state index < -0.39 is 17.5 Å². The van der Waals surface area contributed by atoms with Crippen molar-refractivity contribution in [2.75, 3.05) is 20.1 Å². The molecule has 1 unspecified atom stereocenters. The smallest absolute Gasteiger partial charge is 0.356 e. The van der Waals surface area contributed by atoms with E-state index >= 15 is 0 Å². The maximum absolute atomic E-state index is 14.2. The highest BCUT2D eigenvalue weighted by Gasteiger charge is 2.36. The van der Waals surface area contributed by atoms with E-state index in [1.165, 1.54) is 12.1 Å². The van der Waals surface area contributed by atoms with Gasteiger partial charge < -0.3 is 9.42 Å². The van der Waals surface area contributed by atoms with E-state index in [0.717, 1.165) is 47.2 Å². The summed E-state index contributed by atoms with van der Waals surface area (Å²) in [5.74, 6) is 0.652. The first-order chi connectivity index (χ1) is 22.0. The van der Waals surface area contributed by atoms with E-state index in [2.05, 4.69) is 20.0 Å². The molecule has 4 heterocycles. The number of Topliss-reactive ketones (excluding diaryl/α,β-unsaturated/α-hetero) is 1. The molecule has 3 aromatic heterocycles. The first-order valence-corrected chi connectivity index (χ1v) is 15.3. The first-order valence-electron chi connectivity index (χ1n) is 15.3. The van der Waals surface area contributed by atoms with Crippen LogP contribution in [0.15, 0.2) is 77.8 Å². The van der Waals surface area contributed by atoms with Crippen LogP contribution in [0.5, 0.6) is 0 Å². The van der Waals surface area contributed by atoms with Crippen LogP contribution in [-0.4, -0.2) is 50.9 Å². The minimum atomic E-state index is -4.63. The van der Waals surface area contributed by atoms with Gasteiger partial charge in [-0.1, -0.05) is 35.5 Å². The van der Waals surface area contributed by atoms with Gasteiger partial charge in [0.05, 0.1) is 17.5 Å². The molecule has 0 radical (unpaired) electrons. The van der Waals surface area contributed by atoms with Crippen molar-refractivity contribution in [3.05, 3.63) is 118 Å². The van der Waals surface area contributed by atoms with Crippen molar-refractivity contribution in [3.8, 4) is 22.6 Å². The molecule has 5 aromatic rings. The monoisotopic (exact) mass is 625 g/mol. The molecule has 1 fully saturated rings. The lowest BCUT2D eigenvalue weighted by molar-refractivity contribution is -0.138. The molecule has 6 rings (SSSR count). The highest BCUT2D eigenvalue weighted by atomic mass is 19.4. The van der Waals surface area contributed by atoms with Crippen LogP contribution >= 0.6 is 0 Å². The number of hydrogen-bond donors (Lipinski definition) is 0. The lowest BCUT2D eigenvalue weighted by Gasteiger charge is -2.30. The summed E-state index contributed by atoms with van der Waals surface area (Å²) in [6.45, 7) is 5.49. The zero-order valence-electron chi connectivity index (χ0n) is 25.9. The molecule has 236 valence electrons. The molecule has 7 nitrogen and oxygen atoms in total. The third kappa shape index (κ3) is 6.92. The molecule has 0 saturated carbocycles. The van der Waals surface area contributed by atoms with Gasteiger partial charge in [-0.15, -0.1) is 0 Å². The van der Waals surface area contributed by atoms with Crippen molar-refractivity contribution in [3.63, 3.8) is 0 Å². The van der Waals surface area contributed by atoms with E-state index in [9.17, 15) is 18.0 Å². The van der Waals surface area contributed by atoms with Crippen LogP contribution in [0, 0.1) is 13.8 Å². The van der Waals surface area contributed by atoms with E-state index in [1.54, 1.807) is 43.0 Å². The van der Waals surface area contributed by atoms with Gasteiger partial charge in [0.2, 0.25) is 0 Å². The number of benzene rings is 2. The second kappa shape index (κ2) is 13.0. The number of carbonyl (C=O) groups excluding carboxylic acids is 1. The van der Waals surface area contributed by atoms with Gasteiger partial charge in [0, 0.05) is 60.2 Å². The number of nitrogens with zero attached hydrogens (tertiary/aromatic N) is 5. The number of likely N-dealkylation sites (tertiary alicyclic amines) is 1. The van der Waals surface area contributed by atoms with E-state index in [4.69, 9.17) is 9.51 Å². The largest absolute Gasteiger partial charge is 0.417 e. The van der Waals surface area contributed by atoms with Gasteiger partial charge in [0.15, 0.2) is 11.5 Å². The molecular formula is C36H34F3N5O2. The summed E-state index contributed by atoms with van der Waals surface area (Å²) in [7, 11) is 1.98. The van der Waals surface area contributed by atoms with Crippen LogP contribution in [0.3, 0.4) is 0 Å². The molecular weight excluding hydrogens is 591 g/mol. The third-order valence-electron chi connectivity index (χ3n) is 8.62. The van der Waals surface area contributed by atoms with Gasteiger partial charge >= 0.3 is 6.18 Å². The second-order valence-electron chi connectivity index (χ2n) is 12.1. The standard InChI is InChI=1S/C36H34F3N5O2/c1-22-6-7-24(14-33(45)30-9-8-25(16-31(30)36(37,38)39)26-5-4-12-44(3)21-26)13-27(22)17-34-41-11-10-32(43-34)28-15-29(20-40-19-28)35-23(2)18-42-46-35/h6-11,13,15-16,18-20,26H,4-5,12,14,17,21H2,1-3H3. The van der Waals surface area contributed by atoms with Crippen molar-refractivity contribution in [2.45, 2.75) is 51.6 Å². The molecule has 0 amide bonds. The predicted molar refractivity (Wildman–Crippen MR) is 168 cm³/mol. The van der Waals surface area contributed by atoms with Crippen molar-refractivity contribution in [1.29, 1.82) is 0 Å². The number of ketones is 1. The maximum Gasteiger partial charge on any atom is 0.417 e. The zero-order valence-corrected chi connectivity index (χ0v) is 25.9. The Labute approximate surface area is 265 Å². The Morgan fingerprint density at radius 2 is 1.83 bits per heavy atom. The van der Waals surface area contributed by atoms with Crippen molar-refractivity contribution < 1.29 is 22.5 Å². The number of likely N-dealkylation sites (N-methyl/N-ethyl adjacent to an activating group) is 1. The maximum atomic E-state index is 14.2. The van der Waals surface area contributed by atoms with E-state index in [0.29, 0.717) is 41.4 Å². The zero-order chi connectivity index (χ0) is 32.4.